The van der Waals surface area contributed by atoms with Gasteiger partial charge in [-0.05, 0) is 42.0 Å². The SMILES string of the molecule is COc1ccc(CNC(=O)c2ccc(C(=O)N3CCN(C(C)=O)CC3)cc2)cc1. The van der Waals surface area contributed by atoms with Crippen LogP contribution < -0.4 is 10.1 Å². The van der Waals surface area contributed by atoms with E-state index in [0.717, 1.165) is 11.3 Å². The molecule has 7 heteroatoms. The summed E-state index contributed by atoms with van der Waals surface area (Å²) >= 11 is 0. The summed E-state index contributed by atoms with van der Waals surface area (Å²) in [4.78, 5) is 39.9. The number of rotatable bonds is 5. The number of amides is 3. The molecule has 0 saturated carbocycles. The summed E-state index contributed by atoms with van der Waals surface area (Å²) in [5.41, 5.74) is 2.00. The molecule has 0 radical (unpaired) electrons. The Bertz CT molecular complexity index is 870. The maximum Gasteiger partial charge on any atom is 0.253 e. The molecule has 0 aromatic heterocycles. The summed E-state index contributed by atoms with van der Waals surface area (Å²) in [6.07, 6.45) is 0. The molecule has 3 rings (SSSR count). The van der Waals surface area contributed by atoms with Crippen molar-refractivity contribution in [2.75, 3.05) is 33.3 Å². The Morgan fingerprint density at radius 1 is 0.862 bits per heavy atom. The zero-order valence-electron chi connectivity index (χ0n) is 16.7. The fourth-order valence-corrected chi connectivity index (χ4v) is 3.20. The van der Waals surface area contributed by atoms with Gasteiger partial charge in [0.15, 0.2) is 0 Å². The van der Waals surface area contributed by atoms with E-state index in [2.05, 4.69) is 5.32 Å². The highest BCUT2D eigenvalue weighted by Gasteiger charge is 2.23. The second-order valence-electron chi connectivity index (χ2n) is 6.91. The minimum absolute atomic E-state index is 0.0297. The van der Waals surface area contributed by atoms with Crippen LogP contribution in [0.5, 0.6) is 5.75 Å². The number of carbonyl (C=O) groups is 3. The molecule has 3 amide bonds. The van der Waals surface area contributed by atoms with E-state index in [1.807, 2.05) is 24.3 Å². The van der Waals surface area contributed by atoms with E-state index in [4.69, 9.17) is 4.74 Å². The van der Waals surface area contributed by atoms with Gasteiger partial charge in [-0.25, -0.2) is 0 Å². The number of piperazine rings is 1. The number of nitrogens with one attached hydrogen (secondary N) is 1. The molecule has 2 aromatic carbocycles. The Hall–Kier alpha value is -3.35. The van der Waals surface area contributed by atoms with Crippen LogP contribution in [0.3, 0.4) is 0 Å². The summed E-state index contributed by atoms with van der Waals surface area (Å²) in [6.45, 7) is 4.07. The topological polar surface area (TPSA) is 79.0 Å². The predicted molar refractivity (Wildman–Crippen MR) is 109 cm³/mol. The van der Waals surface area contributed by atoms with E-state index in [1.165, 1.54) is 6.92 Å². The molecule has 0 unspecified atom stereocenters. The smallest absolute Gasteiger partial charge is 0.253 e. The van der Waals surface area contributed by atoms with Crippen LogP contribution in [0.1, 0.15) is 33.2 Å². The largest absolute Gasteiger partial charge is 0.497 e. The Balaban J connectivity index is 1.54. The van der Waals surface area contributed by atoms with E-state index in [0.29, 0.717) is 43.9 Å². The minimum Gasteiger partial charge on any atom is -0.497 e. The number of hydrogen-bond acceptors (Lipinski definition) is 4. The number of methoxy groups -OCH3 is 1. The van der Waals surface area contributed by atoms with Crippen LogP contribution in [0, 0.1) is 0 Å². The maximum atomic E-state index is 12.6. The van der Waals surface area contributed by atoms with Crippen molar-refractivity contribution in [1.29, 1.82) is 0 Å². The lowest BCUT2D eigenvalue weighted by Crippen LogP contribution is -2.50. The second kappa shape index (κ2) is 9.23. The lowest BCUT2D eigenvalue weighted by atomic mass is 10.1. The summed E-state index contributed by atoms with van der Waals surface area (Å²) in [7, 11) is 1.61. The Morgan fingerprint density at radius 3 is 1.97 bits per heavy atom. The normalized spacial score (nSPS) is 13.7. The van der Waals surface area contributed by atoms with E-state index in [9.17, 15) is 14.4 Å². The molecule has 1 fully saturated rings. The molecule has 1 N–H and O–H groups in total. The first-order valence-electron chi connectivity index (χ1n) is 9.54. The van der Waals surface area contributed by atoms with Gasteiger partial charge in [-0.3, -0.25) is 14.4 Å². The molecule has 0 spiro atoms. The van der Waals surface area contributed by atoms with Gasteiger partial charge in [-0.15, -0.1) is 0 Å². The van der Waals surface area contributed by atoms with Crippen molar-refractivity contribution in [3.8, 4) is 5.75 Å². The molecule has 2 aromatic rings. The lowest BCUT2D eigenvalue weighted by molar-refractivity contribution is -0.130. The average molecular weight is 395 g/mol. The van der Waals surface area contributed by atoms with Gasteiger partial charge in [-0.1, -0.05) is 12.1 Å². The average Bonchev–Trinajstić information content (AvgIpc) is 2.77. The third-order valence-electron chi connectivity index (χ3n) is 5.02. The molecule has 7 nitrogen and oxygen atoms in total. The van der Waals surface area contributed by atoms with E-state index in [1.54, 1.807) is 41.2 Å². The molecule has 152 valence electrons. The molecule has 29 heavy (non-hydrogen) atoms. The van der Waals surface area contributed by atoms with E-state index >= 15 is 0 Å². The fourth-order valence-electron chi connectivity index (χ4n) is 3.20. The molecule has 1 heterocycles. The van der Waals surface area contributed by atoms with Gasteiger partial charge in [0.1, 0.15) is 5.75 Å². The third-order valence-corrected chi connectivity index (χ3v) is 5.02. The molecule has 0 aliphatic carbocycles. The van der Waals surface area contributed by atoms with Crippen LogP contribution >= 0.6 is 0 Å². The zero-order valence-corrected chi connectivity index (χ0v) is 16.7. The second-order valence-corrected chi connectivity index (χ2v) is 6.91. The summed E-state index contributed by atoms with van der Waals surface area (Å²) < 4.78 is 5.12. The number of nitrogens with zero attached hydrogens (tertiary/aromatic N) is 2. The van der Waals surface area contributed by atoms with Crippen molar-refractivity contribution in [3.63, 3.8) is 0 Å². The zero-order chi connectivity index (χ0) is 20.8. The maximum absolute atomic E-state index is 12.6. The van der Waals surface area contributed by atoms with Gasteiger partial charge in [0.2, 0.25) is 5.91 Å². The Kier molecular flexibility index (Phi) is 6.49. The van der Waals surface area contributed by atoms with Crippen LogP contribution in [-0.2, 0) is 11.3 Å². The number of carbonyl (C=O) groups excluding carboxylic acids is 3. The molecule has 1 saturated heterocycles. The van der Waals surface area contributed by atoms with Crippen LogP contribution in [0.4, 0.5) is 0 Å². The molecular weight excluding hydrogens is 370 g/mol. The molecule has 0 bridgehead atoms. The standard InChI is InChI=1S/C22H25N3O4/c1-16(26)24-11-13-25(14-12-24)22(28)19-7-5-18(6-8-19)21(27)23-15-17-3-9-20(29-2)10-4-17/h3-10H,11-15H2,1-2H3,(H,23,27). The van der Waals surface area contributed by atoms with Crippen LogP contribution in [0.2, 0.25) is 0 Å². The summed E-state index contributed by atoms with van der Waals surface area (Å²) in [5, 5.41) is 2.87. The van der Waals surface area contributed by atoms with Crippen molar-refractivity contribution in [2.45, 2.75) is 13.5 Å². The predicted octanol–water partition coefficient (Wildman–Crippen LogP) is 1.93. The summed E-state index contributed by atoms with van der Waals surface area (Å²) in [5.74, 6) is 0.512. The van der Waals surface area contributed by atoms with Gasteiger partial charge in [-0.2, -0.15) is 0 Å². The monoisotopic (exact) mass is 395 g/mol. The van der Waals surface area contributed by atoms with Gasteiger partial charge < -0.3 is 19.9 Å². The van der Waals surface area contributed by atoms with Crippen molar-refractivity contribution in [3.05, 3.63) is 65.2 Å². The number of hydrogen-bond donors (Lipinski definition) is 1. The molecule has 0 atom stereocenters. The first-order chi connectivity index (χ1) is 14.0. The van der Waals surface area contributed by atoms with Crippen molar-refractivity contribution < 1.29 is 19.1 Å². The van der Waals surface area contributed by atoms with Gasteiger partial charge in [0.25, 0.3) is 11.8 Å². The Morgan fingerprint density at radius 2 is 1.41 bits per heavy atom. The number of ether oxygens (including phenoxy) is 1. The Labute approximate surface area is 170 Å². The highest BCUT2D eigenvalue weighted by atomic mass is 16.5. The van der Waals surface area contributed by atoms with Crippen LogP contribution in [0.25, 0.3) is 0 Å². The van der Waals surface area contributed by atoms with Gasteiger partial charge in [0.05, 0.1) is 7.11 Å². The minimum atomic E-state index is -0.199. The van der Waals surface area contributed by atoms with Crippen LogP contribution in [-0.4, -0.2) is 60.8 Å². The van der Waals surface area contributed by atoms with Gasteiger partial charge in [0, 0.05) is 50.8 Å². The highest BCUT2D eigenvalue weighted by Crippen LogP contribution is 2.13. The third kappa shape index (κ3) is 5.13. The first-order valence-corrected chi connectivity index (χ1v) is 9.54. The number of benzene rings is 2. The molecule has 1 aliphatic heterocycles. The quantitative estimate of drug-likeness (QED) is 0.839. The van der Waals surface area contributed by atoms with Gasteiger partial charge >= 0.3 is 0 Å². The summed E-state index contributed by atoms with van der Waals surface area (Å²) in [6, 6.07) is 14.1. The van der Waals surface area contributed by atoms with E-state index < -0.39 is 0 Å². The lowest BCUT2D eigenvalue weighted by Gasteiger charge is -2.34. The van der Waals surface area contributed by atoms with Crippen molar-refractivity contribution in [2.24, 2.45) is 0 Å². The van der Waals surface area contributed by atoms with Crippen molar-refractivity contribution >= 4 is 17.7 Å². The molecule has 1 aliphatic rings. The van der Waals surface area contributed by atoms with Crippen LogP contribution in [0.15, 0.2) is 48.5 Å². The highest BCUT2D eigenvalue weighted by molar-refractivity contribution is 5.97. The first kappa shape index (κ1) is 20.4. The fraction of sp³-hybridized carbons (Fsp3) is 0.318. The van der Waals surface area contributed by atoms with E-state index in [-0.39, 0.29) is 17.7 Å². The molecular formula is C22H25N3O4. The van der Waals surface area contributed by atoms with Crippen molar-refractivity contribution in [1.82, 2.24) is 15.1 Å².